The molecule has 0 radical (unpaired) electrons. The van der Waals surface area contributed by atoms with Crippen LogP contribution in [-0.2, 0) is 25.5 Å². The number of ether oxygens (including phenoxy) is 1. The number of aliphatic hydroxyl groups excluding tert-OH is 2. The summed E-state index contributed by atoms with van der Waals surface area (Å²) in [6, 6.07) is 17.7. The Balaban J connectivity index is 2.01. The number of nitrogens with one attached hydrogen (secondary N) is 4. The van der Waals surface area contributed by atoms with E-state index >= 15 is 0 Å². The summed E-state index contributed by atoms with van der Waals surface area (Å²) in [6.07, 6.45) is -1.74. The van der Waals surface area contributed by atoms with Crippen molar-refractivity contribution >= 4 is 23.8 Å². The lowest BCUT2D eigenvalue weighted by Gasteiger charge is -2.28. The highest BCUT2D eigenvalue weighted by Gasteiger charge is 2.29. The second-order valence-electron chi connectivity index (χ2n) is 14.6. The number of carbonyl (C=O) groups is 4. The third kappa shape index (κ3) is 17.3. The number of alkyl carbamates (subject to hydrolysis) is 1. The molecule has 0 saturated carbocycles. The molecule has 5 atom stereocenters. The standard InChI is InChI=1S/C38H58N4O7/c1-25(2)20-31(40-34(45)19-18-29(43)24-39-37(48)49-38(5,6)7)33(44)23-35(46)41-32(21-26(3)4)36(47)42-30(28-16-12-9-13-17-28)22-27-14-10-8-11-15-27/h8-17,25-26,29-33,43-44H,18-24H2,1-7H3,(H,39,48)(H,40,45)(H,41,46)(H,42,47)/t29?,30?,31-,32+,33-/m1/s1. The van der Waals surface area contributed by atoms with Gasteiger partial charge in [-0.15, -0.1) is 0 Å². The van der Waals surface area contributed by atoms with Gasteiger partial charge in [0.15, 0.2) is 0 Å². The molecule has 4 amide bonds. The average molecular weight is 683 g/mol. The smallest absolute Gasteiger partial charge is 0.407 e. The molecule has 0 aliphatic carbocycles. The van der Waals surface area contributed by atoms with Crippen molar-refractivity contribution in [1.82, 2.24) is 21.3 Å². The second kappa shape index (κ2) is 20.5. The Morgan fingerprint density at radius 3 is 1.94 bits per heavy atom. The summed E-state index contributed by atoms with van der Waals surface area (Å²) >= 11 is 0. The van der Waals surface area contributed by atoms with Gasteiger partial charge < -0.3 is 36.2 Å². The van der Waals surface area contributed by atoms with E-state index in [1.165, 1.54) is 0 Å². The van der Waals surface area contributed by atoms with Crippen molar-refractivity contribution < 1.29 is 34.1 Å². The minimum atomic E-state index is -1.21. The minimum Gasteiger partial charge on any atom is -0.444 e. The summed E-state index contributed by atoms with van der Waals surface area (Å²) in [5, 5.41) is 32.6. The highest BCUT2D eigenvalue weighted by atomic mass is 16.6. The lowest BCUT2D eigenvalue weighted by atomic mass is 9.96. The zero-order valence-corrected chi connectivity index (χ0v) is 30.2. The van der Waals surface area contributed by atoms with Gasteiger partial charge in [-0.05, 0) is 69.4 Å². The SMILES string of the molecule is CC(C)C[C@H](NC(=O)C[C@@H](O)[C@@H](CC(C)C)NC(=O)CCC(O)CNC(=O)OC(C)(C)C)C(=O)NC(Cc1ccccc1)c1ccccc1. The van der Waals surface area contributed by atoms with Gasteiger partial charge in [-0.1, -0.05) is 88.4 Å². The maximum absolute atomic E-state index is 13.7. The Morgan fingerprint density at radius 2 is 1.37 bits per heavy atom. The van der Waals surface area contributed by atoms with Crippen molar-refractivity contribution in [1.29, 1.82) is 0 Å². The third-order valence-corrected chi connectivity index (χ3v) is 7.68. The van der Waals surface area contributed by atoms with Gasteiger partial charge >= 0.3 is 6.09 Å². The molecule has 6 N–H and O–H groups in total. The van der Waals surface area contributed by atoms with E-state index in [-0.39, 0.29) is 49.6 Å². The van der Waals surface area contributed by atoms with Crippen LogP contribution in [0.4, 0.5) is 4.79 Å². The van der Waals surface area contributed by atoms with Crippen molar-refractivity contribution in [2.45, 2.75) is 123 Å². The van der Waals surface area contributed by atoms with Crippen LogP contribution in [0.3, 0.4) is 0 Å². The van der Waals surface area contributed by atoms with E-state index < -0.39 is 47.8 Å². The van der Waals surface area contributed by atoms with Crippen LogP contribution in [0, 0.1) is 11.8 Å². The normalized spacial score (nSPS) is 14.7. The number of rotatable bonds is 19. The second-order valence-corrected chi connectivity index (χ2v) is 14.6. The fourth-order valence-corrected chi connectivity index (χ4v) is 5.36. The Morgan fingerprint density at radius 1 is 0.776 bits per heavy atom. The molecule has 272 valence electrons. The van der Waals surface area contributed by atoms with E-state index in [1.807, 2.05) is 88.4 Å². The van der Waals surface area contributed by atoms with E-state index in [0.29, 0.717) is 19.3 Å². The molecule has 0 aromatic heterocycles. The van der Waals surface area contributed by atoms with Crippen LogP contribution in [0.25, 0.3) is 0 Å². The molecule has 49 heavy (non-hydrogen) atoms. The Hall–Kier alpha value is -3.96. The number of aliphatic hydroxyl groups is 2. The molecule has 0 heterocycles. The Kier molecular flexibility index (Phi) is 17.3. The zero-order chi connectivity index (χ0) is 36.6. The highest BCUT2D eigenvalue weighted by molar-refractivity contribution is 5.88. The molecule has 2 unspecified atom stereocenters. The van der Waals surface area contributed by atoms with E-state index in [4.69, 9.17) is 4.74 Å². The van der Waals surface area contributed by atoms with Gasteiger partial charge in [-0.3, -0.25) is 14.4 Å². The molecule has 0 aliphatic heterocycles. The number of amides is 4. The van der Waals surface area contributed by atoms with Crippen LogP contribution in [-0.4, -0.2) is 70.5 Å². The number of benzene rings is 2. The topological polar surface area (TPSA) is 166 Å². The van der Waals surface area contributed by atoms with Crippen molar-refractivity contribution in [3.8, 4) is 0 Å². The van der Waals surface area contributed by atoms with Gasteiger partial charge in [-0.2, -0.15) is 0 Å². The molecule has 2 aromatic rings. The maximum atomic E-state index is 13.7. The first kappa shape index (κ1) is 41.2. The predicted molar refractivity (Wildman–Crippen MR) is 190 cm³/mol. The summed E-state index contributed by atoms with van der Waals surface area (Å²) in [7, 11) is 0. The van der Waals surface area contributed by atoms with Crippen LogP contribution in [0.5, 0.6) is 0 Å². The van der Waals surface area contributed by atoms with Gasteiger partial charge in [-0.25, -0.2) is 4.79 Å². The minimum absolute atomic E-state index is 0.0487. The lowest BCUT2D eigenvalue weighted by Crippen LogP contribution is -2.51. The molecular formula is C38H58N4O7. The third-order valence-electron chi connectivity index (χ3n) is 7.68. The van der Waals surface area contributed by atoms with Crippen LogP contribution < -0.4 is 21.3 Å². The number of carbonyl (C=O) groups excluding carboxylic acids is 4. The molecule has 0 spiro atoms. The molecule has 0 bridgehead atoms. The summed E-state index contributed by atoms with van der Waals surface area (Å²) in [6.45, 7) is 12.9. The molecule has 11 heteroatoms. The average Bonchev–Trinajstić information content (AvgIpc) is 3.01. The van der Waals surface area contributed by atoms with Gasteiger partial charge in [0.1, 0.15) is 11.6 Å². The van der Waals surface area contributed by atoms with Crippen LogP contribution in [0.2, 0.25) is 0 Å². The summed E-state index contributed by atoms with van der Waals surface area (Å²) in [4.78, 5) is 51.6. The summed E-state index contributed by atoms with van der Waals surface area (Å²) in [5.74, 6) is -1.00. The maximum Gasteiger partial charge on any atom is 0.407 e. The van der Waals surface area contributed by atoms with Crippen LogP contribution in [0.1, 0.15) is 97.7 Å². The van der Waals surface area contributed by atoms with Gasteiger partial charge in [0.05, 0.1) is 30.7 Å². The van der Waals surface area contributed by atoms with Crippen molar-refractivity contribution in [3.63, 3.8) is 0 Å². The molecule has 11 nitrogen and oxygen atoms in total. The number of hydrogen-bond donors (Lipinski definition) is 6. The molecule has 0 saturated heterocycles. The largest absolute Gasteiger partial charge is 0.444 e. The van der Waals surface area contributed by atoms with Crippen molar-refractivity contribution in [2.75, 3.05) is 6.54 Å². The predicted octanol–water partition coefficient (Wildman–Crippen LogP) is 4.57. The van der Waals surface area contributed by atoms with Gasteiger partial charge in [0, 0.05) is 13.0 Å². The Labute approximate surface area is 292 Å². The fourth-order valence-electron chi connectivity index (χ4n) is 5.36. The highest BCUT2D eigenvalue weighted by Crippen LogP contribution is 2.20. The first-order chi connectivity index (χ1) is 23.0. The lowest BCUT2D eigenvalue weighted by molar-refractivity contribution is -0.131. The summed E-state index contributed by atoms with van der Waals surface area (Å²) < 4.78 is 5.15. The zero-order valence-electron chi connectivity index (χ0n) is 30.2. The van der Waals surface area contributed by atoms with E-state index in [1.54, 1.807) is 20.8 Å². The van der Waals surface area contributed by atoms with Gasteiger partial charge in [0.2, 0.25) is 17.7 Å². The van der Waals surface area contributed by atoms with E-state index in [0.717, 1.165) is 11.1 Å². The van der Waals surface area contributed by atoms with E-state index in [2.05, 4.69) is 21.3 Å². The summed E-state index contributed by atoms with van der Waals surface area (Å²) in [5.41, 5.74) is 1.34. The first-order valence-electron chi connectivity index (χ1n) is 17.3. The van der Waals surface area contributed by atoms with Crippen LogP contribution in [0.15, 0.2) is 60.7 Å². The van der Waals surface area contributed by atoms with E-state index in [9.17, 15) is 29.4 Å². The van der Waals surface area contributed by atoms with Crippen molar-refractivity contribution in [3.05, 3.63) is 71.8 Å². The molecular weight excluding hydrogens is 624 g/mol. The Bertz CT molecular complexity index is 1300. The molecule has 0 aliphatic rings. The quantitative estimate of drug-likeness (QED) is 0.126. The monoisotopic (exact) mass is 682 g/mol. The first-order valence-corrected chi connectivity index (χ1v) is 17.3. The van der Waals surface area contributed by atoms with Crippen molar-refractivity contribution in [2.24, 2.45) is 11.8 Å². The molecule has 0 fully saturated rings. The fraction of sp³-hybridized carbons (Fsp3) is 0.579. The number of hydrogen-bond acceptors (Lipinski definition) is 7. The molecule has 2 aromatic carbocycles. The molecule has 2 rings (SSSR count). The van der Waals surface area contributed by atoms with Gasteiger partial charge in [0.25, 0.3) is 0 Å². The van der Waals surface area contributed by atoms with Crippen LogP contribution >= 0.6 is 0 Å².